The van der Waals surface area contributed by atoms with Gasteiger partial charge in [-0.2, -0.15) is 0 Å². The third kappa shape index (κ3) is 2.99. The van der Waals surface area contributed by atoms with Crippen molar-refractivity contribution in [1.82, 2.24) is 0 Å². The molecule has 0 N–H and O–H groups in total. The molecule has 1 saturated carbocycles. The van der Waals surface area contributed by atoms with Crippen molar-refractivity contribution in [3.8, 4) is 5.75 Å². The molecule has 3 rings (SSSR count). The number of hydrogen-bond donors (Lipinski definition) is 0. The lowest BCUT2D eigenvalue weighted by Crippen LogP contribution is -2.25. The topological polar surface area (TPSA) is 30.8 Å². The fourth-order valence-electron chi connectivity index (χ4n) is 2.59. The van der Waals surface area contributed by atoms with Gasteiger partial charge in [-0.3, -0.25) is 0 Å². The first-order chi connectivity index (χ1) is 10.5. The lowest BCUT2D eigenvalue weighted by Gasteiger charge is -2.22. The summed E-state index contributed by atoms with van der Waals surface area (Å²) in [4.78, 5) is 4.79. The Balaban J connectivity index is 1.78. The quantitative estimate of drug-likeness (QED) is 0.852. The van der Waals surface area contributed by atoms with Crippen molar-refractivity contribution in [3.63, 3.8) is 0 Å². The van der Waals surface area contributed by atoms with Crippen LogP contribution in [0.15, 0.2) is 29.3 Å². The standard InChI is InChI=1S/C19H22NO2/c1-19(2,3)17-12-22-18(20-17)16-7-5-6-15(16)13-8-10-14(21-4)11-9-13/h5-11,17H,12H2,1-4H3/t17-/m1/s1. The average molecular weight is 296 g/mol. The molecule has 115 valence electrons. The Hall–Kier alpha value is -1.51. The summed E-state index contributed by atoms with van der Waals surface area (Å²) in [7, 11) is 1.68. The molecule has 2 aliphatic rings. The zero-order chi connectivity index (χ0) is 15.7. The fourth-order valence-corrected chi connectivity index (χ4v) is 2.59. The van der Waals surface area contributed by atoms with Gasteiger partial charge in [0.15, 0.2) is 5.90 Å². The smallest absolute Gasteiger partial charge is 0.192 e. The van der Waals surface area contributed by atoms with E-state index < -0.39 is 0 Å². The van der Waals surface area contributed by atoms with Crippen LogP contribution in [0.2, 0.25) is 0 Å². The molecule has 0 aromatic heterocycles. The van der Waals surface area contributed by atoms with Crippen LogP contribution in [-0.4, -0.2) is 25.7 Å². The predicted octanol–water partition coefficient (Wildman–Crippen LogP) is 3.66. The van der Waals surface area contributed by atoms with E-state index in [9.17, 15) is 0 Å². The first-order valence-electron chi connectivity index (χ1n) is 7.60. The van der Waals surface area contributed by atoms with Gasteiger partial charge in [0.1, 0.15) is 12.4 Å². The number of nitrogens with zero attached hydrogens (tertiary/aromatic N) is 1. The molecular formula is C19H22NO2. The van der Waals surface area contributed by atoms with Gasteiger partial charge in [0.2, 0.25) is 0 Å². The molecule has 0 unspecified atom stereocenters. The van der Waals surface area contributed by atoms with Gasteiger partial charge in [0, 0.05) is 5.92 Å². The maximum absolute atomic E-state index is 5.87. The van der Waals surface area contributed by atoms with Crippen LogP contribution in [0.4, 0.5) is 0 Å². The fraction of sp³-hybridized carbons (Fsp3) is 0.368. The maximum atomic E-state index is 5.87. The summed E-state index contributed by atoms with van der Waals surface area (Å²) in [5, 5.41) is 0. The Labute approximate surface area is 133 Å². The monoisotopic (exact) mass is 296 g/mol. The number of ether oxygens (including phenoxy) is 2. The van der Waals surface area contributed by atoms with Crippen molar-refractivity contribution in [2.45, 2.75) is 26.8 Å². The van der Waals surface area contributed by atoms with Crippen LogP contribution in [0.5, 0.6) is 5.75 Å². The van der Waals surface area contributed by atoms with Gasteiger partial charge in [0.05, 0.1) is 19.1 Å². The van der Waals surface area contributed by atoms with Crippen molar-refractivity contribution < 1.29 is 9.47 Å². The lowest BCUT2D eigenvalue weighted by atomic mass is 9.87. The SMILES string of the molecule is COc1ccc([C]2[CH][CH][CH][C]2C2=N[C@@H](C(C)(C)C)CO2)cc1. The van der Waals surface area contributed by atoms with Gasteiger partial charge < -0.3 is 9.47 Å². The second-order valence-corrected chi connectivity index (χ2v) is 6.71. The van der Waals surface area contributed by atoms with E-state index in [1.165, 1.54) is 0 Å². The van der Waals surface area contributed by atoms with Crippen molar-refractivity contribution in [2.75, 3.05) is 13.7 Å². The molecule has 22 heavy (non-hydrogen) atoms. The van der Waals surface area contributed by atoms with Gasteiger partial charge in [-0.1, -0.05) is 32.9 Å². The van der Waals surface area contributed by atoms with Crippen LogP contribution in [0.1, 0.15) is 26.3 Å². The van der Waals surface area contributed by atoms with Crippen LogP contribution < -0.4 is 4.74 Å². The third-order valence-corrected chi connectivity index (χ3v) is 4.10. The molecule has 1 aromatic carbocycles. The number of benzene rings is 1. The molecule has 1 aromatic rings. The molecule has 5 radical (unpaired) electrons. The van der Waals surface area contributed by atoms with Crippen LogP contribution in [0, 0.1) is 36.5 Å². The van der Waals surface area contributed by atoms with Crippen LogP contribution in [0.3, 0.4) is 0 Å². The van der Waals surface area contributed by atoms with E-state index in [0.29, 0.717) is 6.61 Å². The lowest BCUT2D eigenvalue weighted by molar-refractivity contribution is 0.234. The maximum Gasteiger partial charge on any atom is 0.192 e. The highest BCUT2D eigenvalue weighted by molar-refractivity contribution is 5.99. The van der Waals surface area contributed by atoms with Gasteiger partial charge in [-0.05, 0) is 42.4 Å². The summed E-state index contributed by atoms with van der Waals surface area (Å²) >= 11 is 0. The summed E-state index contributed by atoms with van der Waals surface area (Å²) in [6.45, 7) is 7.25. The summed E-state index contributed by atoms with van der Waals surface area (Å²) in [5.74, 6) is 3.84. The molecule has 3 heteroatoms. The molecule has 0 saturated heterocycles. The summed E-state index contributed by atoms with van der Waals surface area (Å²) < 4.78 is 11.1. The number of hydrogen-bond acceptors (Lipinski definition) is 3. The second-order valence-electron chi connectivity index (χ2n) is 6.71. The first kappa shape index (κ1) is 15.4. The zero-order valence-electron chi connectivity index (χ0n) is 13.6. The van der Waals surface area contributed by atoms with Crippen molar-refractivity contribution >= 4 is 5.90 Å². The molecule has 0 bridgehead atoms. The Morgan fingerprint density at radius 2 is 1.77 bits per heavy atom. The average Bonchev–Trinajstić information content (AvgIpc) is 3.15. The third-order valence-electron chi connectivity index (χ3n) is 4.10. The number of rotatable bonds is 3. The van der Waals surface area contributed by atoms with Gasteiger partial charge in [-0.25, -0.2) is 4.99 Å². The van der Waals surface area contributed by atoms with Crippen molar-refractivity contribution in [3.05, 3.63) is 60.9 Å². The molecule has 3 nitrogen and oxygen atoms in total. The summed E-state index contributed by atoms with van der Waals surface area (Å²) in [5.41, 5.74) is 1.26. The van der Waals surface area contributed by atoms with Gasteiger partial charge >= 0.3 is 0 Å². The molecule has 1 aliphatic carbocycles. The predicted molar refractivity (Wildman–Crippen MR) is 88.1 cm³/mol. The molecule has 0 amide bonds. The van der Waals surface area contributed by atoms with E-state index in [4.69, 9.17) is 14.5 Å². The Bertz CT molecular complexity index is 542. The Kier molecular flexibility index (Phi) is 4.16. The molecule has 1 fully saturated rings. The summed E-state index contributed by atoms with van der Waals surface area (Å²) in [6.07, 6.45) is 6.22. The van der Waals surface area contributed by atoms with E-state index in [-0.39, 0.29) is 11.5 Å². The minimum Gasteiger partial charge on any atom is -0.497 e. The molecular weight excluding hydrogens is 274 g/mol. The second kappa shape index (κ2) is 5.94. The highest BCUT2D eigenvalue weighted by atomic mass is 16.5. The van der Waals surface area contributed by atoms with E-state index in [2.05, 4.69) is 45.7 Å². The Morgan fingerprint density at radius 1 is 1.09 bits per heavy atom. The van der Waals surface area contributed by atoms with E-state index >= 15 is 0 Å². The van der Waals surface area contributed by atoms with E-state index in [1.54, 1.807) is 7.11 Å². The minimum absolute atomic E-state index is 0.120. The summed E-state index contributed by atoms with van der Waals surface area (Å²) in [6, 6.07) is 8.28. The number of methoxy groups -OCH3 is 1. The number of aliphatic imine (C=N–C) groups is 1. The van der Waals surface area contributed by atoms with Crippen LogP contribution >= 0.6 is 0 Å². The highest BCUT2D eigenvalue weighted by Gasteiger charge is 2.40. The minimum atomic E-state index is 0.120. The molecule has 1 heterocycles. The van der Waals surface area contributed by atoms with Gasteiger partial charge in [0.25, 0.3) is 0 Å². The van der Waals surface area contributed by atoms with Crippen LogP contribution in [0.25, 0.3) is 0 Å². The van der Waals surface area contributed by atoms with E-state index in [1.807, 2.05) is 18.6 Å². The van der Waals surface area contributed by atoms with Crippen LogP contribution in [-0.2, 0) is 4.74 Å². The highest BCUT2D eigenvalue weighted by Crippen LogP contribution is 2.41. The Morgan fingerprint density at radius 3 is 2.36 bits per heavy atom. The molecule has 1 aliphatic heterocycles. The van der Waals surface area contributed by atoms with Crippen molar-refractivity contribution in [2.24, 2.45) is 10.4 Å². The van der Waals surface area contributed by atoms with Gasteiger partial charge in [-0.15, -0.1) is 0 Å². The largest absolute Gasteiger partial charge is 0.497 e. The first-order valence-corrected chi connectivity index (χ1v) is 7.60. The van der Waals surface area contributed by atoms with E-state index in [0.717, 1.165) is 29.0 Å². The molecule has 0 spiro atoms. The normalized spacial score (nSPS) is 23.5. The molecule has 1 atom stereocenters. The zero-order valence-corrected chi connectivity index (χ0v) is 13.6. The van der Waals surface area contributed by atoms with Crippen molar-refractivity contribution in [1.29, 1.82) is 0 Å².